The number of benzene rings is 1. The molecule has 5 nitrogen and oxygen atoms in total. The molecule has 0 amide bonds. The Labute approximate surface area is 146 Å². The van der Waals surface area contributed by atoms with E-state index in [9.17, 15) is 9.90 Å². The minimum atomic E-state index is -1.93. The molecular formula is C18H31NO4Si. The molecule has 1 rings (SSSR count). The Bertz CT molecular complexity index is 567. The Morgan fingerprint density at radius 3 is 2.46 bits per heavy atom. The number of aliphatic hydroxyl groups is 1. The van der Waals surface area contributed by atoms with Crippen molar-refractivity contribution in [3.05, 3.63) is 29.3 Å². The molecular weight excluding hydrogens is 322 g/mol. The van der Waals surface area contributed by atoms with Crippen LogP contribution in [0.25, 0.3) is 0 Å². The highest BCUT2D eigenvalue weighted by molar-refractivity contribution is 6.74. The van der Waals surface area contributed by atoms with Crippen molar-refractivity contribution in [3.8, 4) is 5.75 Å². The van der Waals surface area contributed by atoms with Crippen LogP contribution in [0.4, 0.5) is 0 Å². The van der Waals surface area contributed by atoms with Crippen LogP contribution in [0.2, 0.25) is 18.1 Å². The molecule has 2 N–H and O–H groups in total. The van der Waals surface area contributed by atoms with Gasteiger partial charge in [0.25, 0.3) is 0 Å². The van der Waals surface area contributed by atoms with Crippen LogP contribution < -0.4 is 10.1 Å². The van der Waals surface area contributed by atoms with Gasteiger partial charge in [-0.1, -0.05) is 26.8 Å². The van der Waals surface area contributed by atoms with Crippen molar-refractivity contribution in [1.82, 2.24) is 5.32 Å². The molecule has 0 spiro atoms. The van der Waals surface area contributed by atoms with Gasteiger partial charge in [0.1, 0.15) is 5.75 Å². The summed E-state index contributed by atoms with van der Waals surface area (Å²) in [6.07, 6.45) is -0.618. The van der Waals surface area contributed by atoms with Gasteiger partial charge in [-0.3, -0.25) is 4.79 Å². The van der Waals surface area contributed by atoms with Crippen LogP contribution in [0.3, 0.4) is 0 Å². The standard InChI is InChI=1S/C18H31NO4Si/c1-13(20)23-17-9-8-14(16(21)11-19-5)10-15(17)12-22-24(6,7)18(2,3)4/h8-10,16,19,21H,11-12H2,1-7H3. The average molecular weight is 354 g/mol. The lowest BCUT2D eigenvalue weighted by molar-refractivity contribution is -0.131. The van der Waals surface area contributed by atoms with Gasteiger partial charge in [-0.15, -0.1) is 0 Å². The van der Waals surface area contributed by atoms with E-state index in [2.05, 4.69) is 39.2 Å². The molecule has 1 unspecified atom stereocenters. The van der Waals surface area contributed by atoms with Crippen LogP contribution >= 0.6 is 0 Å². The van der Waals surface area contributed by atoms with Gasteiger partial charge >= 0.3 is 5.97 Å². The highest BCUT2D eigenvalue weighted by Crippen LogP contribution is 2.37. The van der Waals surface area contributed by atoms with Crippen molar-refractivity contribution >= 4 is 14.3 Å². The third-order valence-electron chi connectivity index (χ3n) is 4.52. The zero-order valence-corrected chi connectivity index (χ0v) is 16.9. The Hall–Kier alpha value is -1.21. The monoisotopic (exact) mass is 353 g/mol. The molecule has 0 saturated heterocycles. The van der Waals surface area contributed by atoms with Crippen molar-refractivity contribution in [2.45, 2.75) is 58.5 Å². The SMILES string of the molecule is CNCC(O)c1ccc(OC(C)=O)c(CO[Si](C)(C)C(C)(C)C)c1. The van der Waals surface area contributed by atoms with Crippen LogP contribution in [-0.4, -0.2) is 33.0 Å². The van der Waals surface area contributed by atoms with Gasteiger partial charge in [0.05, 0.1) is 12.7 Å². The number of aliphatic hydroxyl groups excluding tert-OH is 1. The number of carbonyl (C=O) groups excluding carboxylic acids is 1. The molecule has 0 aliphatic carbocycles. The van der Waals surface area contributed by atoms with Gasteiger partial charge in [-0.25, -0.2) is 0 Å². The minimum Gasteiger partial charge on any atom is -0.426 e. The molecule has 0 aromatic heterocycles. The van der Waals surface area contributed by atoms with E-state index in [4.69, 9.17) is 9.16 Å². The number of hydrogen-bond acceptors (Lipinski definition) is 5. The summed E-state index contributed by atoms with van der Waals surface area (Å²) in [5.41, 5.74) is 1.55. The topological polar surface area (TPSA) is 67.8 Å². The summed E-state index contributed by atoms with van der Waals surface area (Å²) in [5.74, 6) is 0.119. The van der Waals surface area contributed by atoms with E-state index < -0.39 is 14.4 Å². The fraction of sp³-hybridized carbons (Fsp3) is 0.611. The summed E-state index contributed by atoms with van der Waals surface area (Å²) in [6, 6.07) is 5.35. The third-order valence-corrected chi connectivity index (χ3v) is 8.99. The molecule has 0 fully saturated rings. The van der Waals surface area contributed by atoms with Crippen molar-refractivity contribution < 1.29 is 19.1 Å². The predicted octanol–water partition coefficient (Wildman–Crippen LogP) is 3.39. The van der Waals surface area contributed by atoms with Gasteiger partial charge in [-0.05, 0) is 42.9 Å². The smallest absolute Gasteiger partial charge is 0.308 e. The first-order valence-electron chi connectivity index (χ1n) is 8.26. The van der Waals surface area contributed by atoms with Crippen molar-refractivity contribution in [1.29, 1.82) is 0 Å². The van der Waals surface area contributed by atoms with Crippen LogP contribution in [-0.2, 0) is 15.8 Å². The first-order chi connectivity index (χ1) is 11.0. The fourth-order valence-electron chi connectivity index (χ4n) is 1.96. The summed E-state index contributed by atoms with van der Waals surface area (Å²) in [6.45, 7) is 13.1. The first-order valence-corrected chi connectivity index (χ1v) is 11.2. The lowest BCUT2D eigenvalue weighted by Gasteiger charge is -2.36. The first kappa shape index (κ1) is 20.8. The lowest BCUT2D eigenvalue weighted by atomic mass is 10.1. The molecule has 1 aromatic rings. The summed E-state index contributed by atoms with van der Waals surface area (Å²) in [5, 5.41) is 13.2. The van der Waals surface area contributed by atoms with E-state index in [-0.39, 0.29) is 11.0 Å². The second-order valence-electron chi connectivity index (χ2n) is 7.58. The molecule has 0 aliphatic heterocycles. The number of carbonyl (C=O) groups is 1. The fourth-order valence-corrected chi connectivity index (χ4v) is 2.91. The number of nitrogens with one attached hydrogen (secondary N) is 1. The molecule has 0 bridgehead atoms. The second kappa shape index (κ2) is 8.25. The molecule has 0 radical (unpaired) electrons. The van der Waals surface area contributed by atoms with E-state index in [0.29, 0.717) is 18.9 Å². The number of rotatable bonds is 7. The van der Waals surface area contributed by atoms with E-state index in [1.54, 1.807) is 19.2 Å². The number of esters is 1. The van der Waals surface area contributed by atoms with Gasteiger partial charge in [0.15, 0.2) is 8.32 Å². The van der Waals surface area contributed by atoms with E-state index >= 15 is 0 Å². The largest absolute Gasteiger partial charge is 0.426 e. The summed E-state index contributed by atoms with van der Waals surface area (Å²) < 4.78 is 11.5. The third kappa shape index (κ3) is 5.70. The van der Waals surface area contributed by atoms with Crippen molar-refractivity contribution in [3.63, 3.8) is 0 Å². The molecule has 24 heavy (non-hydrogen) atoms. The molecule has 0 saturated carbocycles. The Kier molecular flexibility index (Phi) is 7.16. The average Bonchev–Trinajstić information content (AvgIpc) is 2.44. The van der Waals surface area contributed by atoms with Crippen molar-refractivity contribution in [2.75, 3.05) is 13.6 Å². The second-order valence-corrected chi connectivity index (χ2v) is 12.4. The summed E-state index contributed by atoms with van der Waals surface area (Å²) in [4.78, 5) is 11.3. The lowest BCUT2D eigenvalue weighted by Crippen LogP contribution is -2.40. The number of hydrogen-bond donors (Lipinski definition) is 2. The van der Waals surface area contributed by atoms with Gasteiger partial charge < -0.3 is 19.6 Å². The quantitative estimate of drug-likeness (QED) is 0.447. The van der Waals surface area contributed by atoms with Crippen molar-refractivity contribution in [2.24, 2.45) is 0 Å². The maximum Gasteiger partial charge on any atom is 0.308 e. The molecule has 136 valence electrons. The highest BCUT2D eigenvalue weighted by Gasteiger charge is 2.37. The molecule has 0 aliphatic rings. The summed E-state index contributed by atoms with van der Waals surface area (Å²) >= 11 is 0. The van der Waals surface area contributed by atoms with Gasteiger partial charge in [0, 0.05) is 19.0 Å². The molecule has 1 atom stereocenters. The van der Waals surface area contributed by atoms with Gasteiger partial charge in [0.2, 0.25) is 0 Å². The van der Waals surface area contributed by atoms with Crippen LogP contribution in [0, 0.1) is 0 Å². The van der Waals surface area contributed by atoms with E-state index in [0.717, 1.165) is 11.1 Å². The Morgan fingerprint density at radius 2 is 1.96 bits per heavy atom. The van der Waals surface area contributed by atoms with E-state index in [1.807, 2.05) is 6.07 Å². The molecule has 6 heteroatoms. The zero-order valence-electron chi connectivity index (χ0n) is 15.9. The number of likely N-dealkylation sites (N-methyl/N-ethyl adjacent to an activating group) is 1. The maximum absolute atomic E-state index is 11.3. The minimum absolute atomic E-state index is 0.0951. The normalized spacial score (nSPS) is 13.7. The van der Waals surface area contributed by atoms with E-state index in [1.165, 1.54) is 6.92 Å². The maximum atomic E-state index is 11.3. The molecule has 1 aromatic carbocycles. The predicted molar refractivity (Wildman–Crippen MR) is 98.6 cm³/mol. The Balaban J connectivity index is 3.07. The Morgan fingerprint density at radius 1 is 1.33 bits per heavy atom. The van der Waals surface area contributed by atoms with Crippen LogP contribution in [0.5, 0.6) is 5.75 Å². The molecule has 0 heterocycles. The van der Waals surface area contributed by atoms with Crippen LogP contribution in [0.15, 0.2) is 18.2 Å². The summed E-state index contributed by atoms with van der Waals surface area (Å²) in [7, 11) is -0.136. The highest BCUT2D eigenvalue weighted by atomic mass is 28.4. The zero-order chi connectivity index (χ0) is 18.5. The van der Waals surface area contributed by atoms with Crippen LogP contribution in [0.1, 0.15) is 44.9 Å². The van der Waals surface area contributed by atoms with Gasteiger partial charge in [-0.2, -0.15) is 0 Å². The number of ether oxygens (including phenoxy) is 1.